The van der Waals surface area contributed by atoms with E-state index >= 15 is 0 Å². The molecule has 2 aromatic carbocycles. The largest absolute Gasteiger partial charge is 0.486 e. The molecular weight excluding hydrogens is 434 g/mol. The Labute approximate surface area is 189 Å². The van der Waals surface area contributed by atoms with E-state index in [9.17, 15) is 0 Å². The number of thioether (sulfide) groups is 1. The third kappa shape index (κ3) is 5.21. The minimum absolute atomic E-state index is 0.232. The molecule has 0 saturated carbocycles. The highest BCUT2D eigenvalue weighted by Crippen LogP contribution is 2.25. The van der Waals surface area contributed by atoms with Crippen molar-refractivity contribution >= 4 is 23.4 Å². The maximum Gasteiger partial charge on any atom is 0.226 e. The molecule has 0 spiro atoms. The van der Waals surface area contributed by atoms with E-state index in [0.29, 0.717) is 33.6 Å². The molecule has 7 nitrogen and oxygen atoms in total. The van der Waals surface area contributed by atoms with Crippen molar-refractivity contribution in [1.82, 2.24) is 19.9 Å². The SMILES string of the molecule is CC(C)c1ccc(OCc2nnc(SCc3coc(-c4ccc(Cl)cc4)n3)n2N)cc1. The van der Waals surface area contributed by atoms with Crippen molar-refractivity contribution < 1.29 is 9.15 Å². The van der Waals surface area contributed by atoms with Crippen LogP contribution in [0.15, 0.2) is 64.4 Å². The number of halogens is 1. The van der Waals surface area contributed by atoms with Gasteiger partial charge in [-0.2, -0.15) is 0 Å². The van der Waals surface area contributed by atoms with Crippen molar-refractivity contribution in [2.75, 3.05) is 5.84 Å². The van der Waals surface area contributed by atoms with Gasteiger partial charge in [0, 0.05) is 16.3 Å². The van der Waals surface area contributed by atoms with Gasteiger partial charge in [0.25, 0.3) is 0 Å². The Bertz CT molecular complexity index is 1140. The second-order valence-corrected chi connectivity index (χ2v) is 8.60. The molecule has 0 fully saturated rings. The average Bonchev–Trinajstić information content (AvgIpc) is 3.38. The summed E-state index contributed by atoms with van der Waals surface area (Å²) in [7, 11) is 0. The van der Waals surface area contributed by atoms with Gasteiger partial charge in [-0.05, 0) is 47.9 Å². The van der Waals surface area contributed by atoms with Crippen LogP contribution < -0.4 is 10.6 Å². The number of nitrogens with zero attached hydrogens (tertiary/aromatic N) is 4. The molecule has 160 valence electrons. The number of nitrogens with two attached hydrogens (primary N) is 1. The number of aromatic nitrogens is 4. The summed E-state index contributed by atoms with van der Waals surface area (Å²) < 4.78 is 12.8. The van der Waals surface area contributed by atoms with Crippen LogP contribution in [-0.4, -0.2) is 19.9 Å². The number of oxazole rings is 1. The monoisotopic (exact) mass is 455 g/mol. The second-order valence-electron chi connectivity index (χ2n) is 7.22. The van der Waals surface area contributed by atoms with Crippen molar-refractivity contribution in [1.29, 1.82) is 0 Å². The van der Waals surface area contributed by atoms with Crippen molar-refractivity contribution in [3.63, 3.8) is 0 Å². The van der Waals surface area contributed by atoms with Crippen molar-refractivity contribution in [3.05, 3.63) is 76.9 Å². The van der Waals surface area contributed by atoms with Gasteiger partial charge in [-0.1, -0.05) is 49.3 Å². The maximum absolute atomic E-state index is 6.14. The minimum atomic E-state index is 0.232. The first-order valence-electron chi connectivity index (χ1n) is 9.75. The Morgan fingerprint density at radius 3 is 2.55 bits per heavy atom. The first kappa shape index (κ1) is 21.3. The first-order chi connectivity index (χ1) is 15.0. The molecule has 0 aliphatic rings. The number of hydrogen-bond acceptors (Lipinski definition) is 7. The number of rotatable bonds is 8. The van der Waals surface area contributed by atoms with Gasteiger partial charge in [-0.25, -0.2) is 9.66 Å². The van der Waals surface area contributed by atoms with Crippen molar-refractivity contribution in [2.45, 2.75) is 37.3 Å². The van der Waals surface area contributed by atoms with Gasteiger partial charge in [0.2, 0.25) is 11.0 Å². The summed E-state index contributed by atoms with van der Waals surface area (Å²) in [4.78, 5) is 4.50. The van der Waals surface area contributed by atoms with E-state index in [-0.39, 0.29) is 6.61 Å². The number of hydrogen-bond donors (Lipinski definition) is 1. The molecule has 2 heterocycles. The Morgan fingerprint density at radius 1 is 1.10 bits per heavy atom. The number of ether oxygens (including phenoxy) is 1. The van der Waals surface area contributed by atoms with Gasteiger partial charge >= 0.3 is 0 Å². The number of nitrogen functional groups attached to an aromatic ring is 1. The molecule has 0 bridgehead atoms. The van der Waals surface area contributed by atoms with Crippen LogP contribution in [0.4, 0.5) is 0 Å². The van der Waals surface area contributed by atoms with E-state index in [2.05, 4.69) is 41.2 Å². The van der Waals surface area contributed by atoms with Gasteiger partial charge < -0.3 is 15.0 Å². The highest BCUT2D eigenvalue weighted by molar-refractivity contribution is 7.98. The van der Waals surface area contributed by atoms with Crippen LogP contribution in [0.3, 0.4) is 0 Å². The Kier molecular flexibility index (Phi) is 6.48. The van der Waals surface area contributed by atoms with E-state index in [0.717, 1.165) is 17.0 Å². The lowest BCUT2D eigenvalue weighted by Gasteiger charge is -2.08. The molecule has 0 radical (unpaired) electrons. The molecule has 2 aromatic heterocycles. The van der Waals surface area contributed by atoms with E-state index in [1.807, 2.05) is 24.3 Å². The molecule has 4 rings (SSSR count). The van der Waals surface area contributed by atoms with Crippen molar-refractivity contribution in [3.8, 4) is 17.2 Å². The summed E-state index contributed by atoms with van der Waals surface area (Å²) in [6.07, 6.45) is 1.62. The van der Waals surface area contributed by atoms with Crippen molar-refractivity contribution in [2.24, 2.45) is 0 Å². The molecule has 0 aliphatic carbocycles. The minimum Gasteiger partial charge on any atom is -0.486 e. The van der Waals surface area contributed by atoms with Crippen LogP contribution in [-0.2, 0) is 12.4 Å². The topological polar surface area (TPSA) is 92.0 Å². The summed E-state index contributed by atoms with van der Waals surface area (Å²) in [6, 6.07) is 15.4. The molecule has 31 heavy (non-hydrogen) atoms. The molecule has 0 aliphatic heterocycles. The Balaban J connectivity index is 1.34. The lowest BCUT2D eigenvalue weighted by Crippen LogP contribution is -2.15. The fourth-order valence-corrected chi connectivity index (χ4v) is 3.72. The third-order valence-electron chi connectivity index (χ3n) is 4.64. The molecular formula is C22H22ClN5O2S. The summed E-state index contributed by atoms with van der Waals surface area (Å²) in [5.74, 6) is 9.01. The normalized spacial score (nSPS) is 11.2. The molecule has 0 unspecified atom stereocenters. The van der Waals surface area contributed by atoms with Gasteiger partial charge in [-0.15, -0.1) is 10.2 Å². The van der Waals surface area contributed by atoms with E-state index in [1.165, 1.54) is 22.0 Å². The highest BCUT2D eigenvalue weighted by Gasteiger charge is 2.13. The number of benzene rings is 2. The third-order valence-corrected chi connectivity index (χ3v) is 5.87. The summed E-state index contributed by atoms with van der Waals surface area (Å²) in [5, 5.41) is 9.53. The fourth-order valence-electron chi connectivity index (χ4n) is 2.84. The van der Waals surface area contributed by atoms with E-state index < -0.39 is 0 Å². The fraction of sp³-hybridized carbons (Fsp3) is 0.227. The van der Waals surface area contributed by atoms with Crippen LogP contribution >= 0.6 is 23.4 Å². The van der Waals surface area contributed by atoms with Crippen LogP contribution in [0.5, 0.6) is 5.75 Å². The molecule has 4 aromatic rings. The first-order valence-corrected chi connectivity index (χ1v) is 11.1. The lowest BCUT2D eigenvalue weighted by molar-refractivity contribution is 0.291. The van der Waals surface area contributed by atoms with Crippen LogP contribution in [0.2, 0.25) is 5.02 Å². The Morgan fingerprint density at radius 2 is 1.84 bits per heavy atom. The maximum atomic E-state index is 6.14. The van der Waals surface area contributed by atoms with E-state index in [1.54, 1.807) is 18.4 Å². The zero-order chi connectivity index (χ0) is 21.8. The Hall–Kier alpha value is -2.97. The zero-order valence-corrected chi connectivity index (χ0v) is 18.7. The van der Waals surface area contributed by atoms with Gasteiger partial charge in [0.15, 0.2) is 5.82 Å². The van der Waals surface area contributed by atoms with Gasteiger partial charge in [-0.3, -0.25) is 0 Å². The quantitative estimate of drug-likeness (QED) is 0.285. The summed E-state index contributed by atoms with van der Waals surface area (Å²) >= 11 is 7.35. The van der Waals surface area contributed by atoms with Gasteiger partial charge in [0.1, 0.15) is 18.6 Å². The predicted octanol–water partition coefficient (Wildman–Crippen LogP) is 5.30. The van der Waals surface area contributed by atoms with Crippen LogP contribution in [0.25, 0.3) is 11.5 Å². The second kappa shape index (κ2) is 9.45. The van der Waals surface area contributed by atoms with Crippen LogP contribution in [0.1, 0.15) is 36.8 Å². The molecule has 0 amide bonds. The standard InChI is InChI=1S/C22H22ClN5O2S/c1-14(2)15-5-9-19(10-6-15)29-12-20-26-27-22(28(20)24)31-13-18-11-30-21(25-18)16-3-7-17(23)8-4-16/h3-11,14H,12-13,24H2,1-2H3. The smallest absolute Gasteiger partial charge is 0.226 e. The average molecular weight is 456 g/mol. The highest BCUT2D eigenvalue weighted by atomic mass is 35.5. The predicted molar refractivity (Wildman–Crippen MR) is 122 cm³/mol. The summed E-state index contributed by atoms with van der Waals surface area (Å²) in [5.41, 5.74) is 2.91. The lowest BCUT2D eigenvalue weighted by atomic mass is 10.0. The van der Waals surface area contributed by atoms with Crippen LogP contribution in [0, 0.1) is 0 Å². The molecule has 0 saturated heterocycles. The molecule has 0 atom stereocenters. The summed E-state index contributed by atoms with van der Waals surface area (Å²) in [6.45, 7) is 4.54. The van der Waals surface area contributed by atoms with E-state index in [4.69, 9.17) is 26.6 Å². The molecule has 9 heteroatoms. The van der Waals surface area contributed by atoms with Gasteiger partial charge in [0.05, 0.1) is 5.69 Å². The zero-order valence-electron chi connectivity index (χ0n) is 17.2. The molecule has 2 N–H and O–H groups in total.